The van der Waals surface area contributed by atoms with Crippen LogP contribution >= 0.6 is 0 Å². The molecule has 0 fully saturated rings. The van der Waals surface area contributed by atoms with Gasteiger partial charge in [0.15, 0.2) is 0 Å². The van der Waals surface area contributed by atoms with Crippen molar-refractivity contribution in [2.24, 2.45) is 11.3 Å². The Morgan fingerprint density at radius 3 is 1.88 bits per heavy atom. The van der Waals surface area contributed by atoms with Crippen LogP contribution in [0, 0.1) is 11.3 Å². The molecular formula is C39H44N2. The van der Waals surface area contributed by atoms with Crippen LogP contribution in [0.5, 0.6) is 0 Å². The molecule has 0 aliphatic heterocycles. The summed E-state index contributed by atoms with van der Waals surface area (Å²) in [7, 11) is 0. The van der Waals surface area contributed by atoms with Gasteiger partial charge >= 0.3 is 0 Å². The molecule has 0 N–H and O–H groups in total. The first-order chi connectivity index (χ1) is 20.1. The van der Waals surface area contributed by atoms with E-state index in [0.29, 0.717) is 18.0 Å². The van der Waals surface area contributed by atoms with Gasteiger partial charge in [0.1, 0.15) is 0 Å². The molecule has 7 aliphatic carbocycles. The predicted octanol–water partition coefficient (Wildman–Crippen LogP) is 9.67. The molecule has 0 amide bonds. The summed E-state index contributed by atoms with van der Waals surface area (Å²) in [5.41, 5.74) is 10.6. The lowest BCUT2D eigenvalue weighted by molar-refractivity contribution is 0.282. The highest BCUT2D eigenvalue weighted by Gasteiger charge is 2.47. The fourth-order valence-electron chi connectivity index (χ4n) is 8.00. The first-order valence-corrected chi connectivity index (χ1v) is 15.9. The van der Waals surface area contributed by atoms with Crippen molar-refractivity contribution in [2.75, 3.05) is 0 Å². The number of allylic oxidation sites excluding steroid dienone is 18. The Morgan fingerprint density at radius 1 is 0.683 bits per heavy atom. The third kappa shape index (κ3) is 4.86. The van der Waals surface area contributed by atoms with Crippen molar-refractivity contribution in [1.82, 2.24) is 9.80 Å². The first-order valence-electron chi connectivity index (χ1n) is 15.9. The zero-order chi connectivity index (χ0) is 27.8. The van der Waals surface area contributed by atoms with Crippen LogP contribution in [0.25, 0.3) is 0 Å². The monoisotopic (exact) mass is 540 g/mol. The van der Waals surface area contributed by atoms with Crippen LogP contribution < -0.4 is 0 Å². The van der Waals surface area contributed by atoms with Gasteiger partial charge in [-0.15, -0.1) is 0 Å². The molecule has 0 aromatic carbocycles. The van der Waals surface area contributed by atoms with Crippen molar-refractivity contribution in [3.05, 3.63) is 143 Å². The predicted molar refractivity (Wildman–Crippen MR) is 172 cm³/mol. The molecule has 3 unspecified atom stereocenters. The van der Waals surface area contributed by atoms with Crippen LogP contribution in [-0.4, -0.2) is 21.9 Å². The summed E-state index contributed by atoms with van der Waals surface area (Å²) >= 11 is 0. The number of rotatable bonds is 6. The van der Waals surface area contributed by atoms with E-state index in [1.54, 1.807) is 16.7 Å². The topological polar surface area (TPSA) is 6.48 Å². The average molecular weight is 541 g/mol. The van der Waals surface area contributed by atoms with Crippen LogP contribution in [0.1, 0.15) is 71.6 Å². The van der Waals surface area contributed by atoms with Crippen molar-refractivity contribution in [2.45, 2.75) is 83.7 Å². The van der Waals surface area contributed by atoms with Crippen LogP contribution in [0.4, 0.5) is 0 Å². The maximum Gasteiger partial charge on any atom is 0.0556 e. The molecule has 7 rings (SSSR count). The van der Waals surface area contributed by atoms with Gasteiger partial charge in [0.25, 0.3) is 0 Å². The molecule has 210 valence electrons. The maximum absolute atomic E-state index is 2.65. The lowest BCUT2D eigenvalue weighted by Crippen LogP contribution is -2.36. The van der Waals surface area contributed by atoms with Gasteiger partial charge in [-0.1, -0.05) is 92.8 Å². The minimum absolute atomic E-state index is 0.0991. The fraction of sp³-hybridized carbons (Fsp3) is 0.385. The van der Waals surface area contributed by atoms with Gasteiger partial charge in [0.05, 0.1) is 12.1 Å². The van der Waals surface area contributed by atoms with Crippen molar-refractivity contribution >= 4 is 0 Å². The summed E-state index contributed by atoms with van der Waals surface area (Å²) in [6.07, 6.45) is 50.2. The Labute approximate surface area is 247 Å². The third-order valence-corrected chi connectivity index (χ3v) is 10.1. The fourth-order valence-corrected chi connectivity index (χ4v) is 8.00. The smallest absolute Gasteiger partial charge is 0.0556 e. The molecule has 0 aromatic rings. The highest BCUT2D eigenvalue weighted by molar-refractivity contribution is 5.58. The van der Waals surface area contributed by atoms with Crippen LogP contribution in [-0.2, 0) is 0 Å². The zero-order valence-electron chi connectivity index (χ0n) is 24.8. The van der Waals surface area contributed by atoms with Crippen molar-refractivity contribution in [1.29, 1.82) is 0 Å². The van der Waals surface area contributed by atoms with E-state index in [-0.39, 0.29) is 5.41 Å². The molecule has 0 heterocycles. The van der Waals surface area contributed by atoms with Crippen molar-refractivity contribution < 1.29 is 0 Å². The van der Waals surface area contributed by atoms with Gasteiger partial charge in [0.2, 0.25) is 0 Å². The van der Waals surface area contributed by atoms with Gasteiger partial charge in [0, 0.05) is 22.8 Å². The Bertz CT molecular complexity index is 1450. The van der Waals surface area contributed by atoms with Gasteiger partial charge in [-0.3, -0.25) is 0 Å². The van der Waals surface area contributed by atoms with Crippen molar-refractivity contribution in [3.8, 4) is 0 Å². The van der Waals surface area contributed by atoms with Gasteiger partial charge in [-0.2, -0.15) is 0 Å². The van der Waals surface area contributed by atoms with Crippen LogP contribution in [0.15, 0.2) is 143 Å². The second kappa shape index (κ2) is 11.0. The molecule has 0 spiro atoms. The Balaban J connectivity index is 1.23. The number of nitrogens with zero attached hydrogens (tertiary/aromatic N) is 2. The molecular weight excluding hydrogens is 496 g/mol. The minimum Gasteiger partial charge on any atom is -0.338 e. The summed E-state index contributed by atoms with van der Waals surface area (Å²) in [5.74, 6) is 0.515. The number of hydrogen-bond donors (Lipinski definition) is 0. The Kier molecular flexibility index (Phi) is 7.11. The van der Waals surface area contributed by atoms with Gasteiger partial charge in [-0.25, -0.2) is 0 Å². The molecule has 0 radical (unpaired) electrons. The number of fused-ring (bicyclic) bond motifs is 2. The van der Waals surface area contributed by atoms with E-state index in [9.17, 15) is 0 Å². The van der Waals surface area contributed by atoms with Gasteiger partial charge in [-0.05, 0) is 110 Å². The first kappa shape index (κ1) is 26.4. The summed E-state index contributed by atoms with van der Waals surface area (Å²) in [6.45, 7) is 5.02. The Hall–Kier alpha value is -3.52. The van der Waals surface area contributed by atoms with Crippen molar-refractivity contribution in [3.63, 3.8) is 0 Å². The molecule has 41 heavy (non-hydrogen) atoms. The summed E-state index contributed by atoms with van der Waals surface area (Å²) in [5, 5.41) is 0. The molecule has 3 atom stereocenters. The van der Waals surface area contributed by atoms with E-state index in [1.807, 2.05) is 0 Å². The van der Waals surface area contributed by atoms with E-state index in [0.717, 1.165) is 57.8 Å². The summed E-state index contributed by atoms with van der Waals surface area (Å²) < 4.78 is 0. The third-order valence-electron chi connectivity index (χ3n) is 10.1. The molecule has 0 aromatic heterocycles. The molecule has 0 saturated heterocycles. The lowest BCUT2D eigenvalue weighted by atomic mass is 9.72. The summed E-state index contributed by atoms with van der Waals surface area (Å²) in [4.78, 5) is 5.30. The quantitative estimate of drug-likeness (QED) is 0.331. The van der Waals surface area contributed by atoms with E-state index in [2.05, 4.69) is 127 Å². The zero-order valence-corrected chi connectivity index (χ0v) is 24.8. The second-order valence-electron chi connectivity index (χ2n) is 13.0. The summed E-state index contributed by atoms with van der Waals surface area (Å²) in [6, 6.07) is 0.779. The molecule has 2 nitrogen and oxygen atoms in total. The lowest BCUT2D eigenvalue weighted by Gasteiger charge is -2.41. The highest BCUT2D eigenvalue weighted by Crippen LogP contribution is 2.58. The molecule has 0 saturated carbocycles. The van der Waals surface area contributed by atoms with Gasteiger partial charge < -0.3 is 9.80 Å². The standard InChI is InChI=1S/C39H44N2/c1-39(2)37-27-33(40(29-15-7-3-8-16-29)30-17-9-4-10-18-30)23-25-35(37)36-26-24-34(28-38(36)39)41(31-19-11-5-12-20-31)32-21-13-6-14-22-32/h3,5,7-9,11-13,15,17-19,21-23,25,28-29,31,37H,4,6,10,14,16,20,24,26-27H2,1-2H3. The minimum atomic E-state index is 0.0991. The second-order valence-corrected chi connectivity index (χ2v) is 13.0. The highest BCUT2D eigenvalue weighted by atomic mass is 15.2. The average Bonchev–Trinajstić information content (AvgIpc) is 3.25. The van der Waals surface area contributed by atoms with E-state index in [1.165, 1.54) is 22.8 Å². The molecule has 0 bridgehead atoms. The largest absolute Gasteiger partial charge is 0.338 e. The molecule has 7 aliphatic rings. The van der Waals surface area contributed by atoms with E-state index < -0.39 is 0 Å². The van der Waals surface area contributed by atoms with Crippen LogP contribution in [0.3, 0.4) is 0 Å². The number of hydrogen-bond acceptors (Lipinski definition) is 2. The Morgan fingerprint density at radius 2 is 1.32 bits per heavy atom. The van der Waals surface area contributed by atoms with Crippen LogP contribution in [0.2, 0.25) is 0 Å². The van der Waals surface area contributed by atoms with E-state index in [4.69, 9.17) is 0 Å². The molecule has 2 heteroatoms. The van der Waals surface area contributed by atoms with E-state index >= 15 is 0 Å². The SMILES string of the molecule is CC1(C)C2=C(CCC(N(C3=CCCC=C3)C3C=CC=CC3)=C2)C2=CC=C(N(C3=CCCC=C3)C3C=CC=CC3)CC21. The normalized spacial score (nSPS) is 29.3. The maximum atomic E-state index is 2.65.